The monoisotopic (exact) mass is 346 g/mol. The first-order valence-electron chi connectivity index (χ1n) is 8.90. The average Bonchev–Trinajstić information content (AvgIpc) is 3.14. The maximum atomic E-state index is 12.0. The van der Waals surface area contributed by atoms with Crippen molar-refractivity contribution in [2.75, 3.05) is 14.2 Å². The number of aryl methyl sites for hydroxylation is 1. The fraction of sp³-hybridized carbons (Fsp3) is 0.550. The summed E-state index contributed by atoms with van der Waals surface area (Å²) in [5.74, 6) is 1.51. The van der Waals surface area contributed by atoms with E-state index in [2.05, 4.69) is 0 Å². The minimum atomic E-state index is -0.614. The second kappa shape index (κ2) is 7.38. The van der Waals surface area contributed by atoms with Crippen LogP contribution in [0.2, 0.25) is 0 Å². The smallest absolute Gasteiger partial charge is 0.334 e. The maximum absolute atomic E-state index is 12.0. The molecule has 0 aromatic heterocycles. The van der Waals surface area contributed by atoms with E-state index in [1.165, 1.54) is 6.08 Å². The summed E-state index contributed by atoms with van der Waals surface area (Å²) in [5.41, 5.74) is 0.433. The number of esters is 1. The van der Waals surface area contributed by atoms with E-state index in [-0.39, 0.29) is 5.76 Å². The SMILES string of the molecule is COc1ccc(CCC2(C3CCCC3)CC(O)=CC(=O)O2)c(OC)c1. The van der Waals surface area contributed by atoms with Gasteiger partial charge in [-0.25, -0.2) is 4.79 Å². The number of methoxy groups -OCH3 is 2. The molecule has 1 N–H and O–H groups in total. The van der Waals surface area contributed by atoms with Gasteiger partial charge < -0.3 is 19.3 Å². The highest BCUT2D eigenvalue weighted by molar-refractivity contribution is 5.83. The van der Waals surface area contributed by atoms with Crippen LogP contribution in [-0.4, -0.2) is 30.9 Å². The molecule has 1 unspecified atom stereocenters. The highest BCUT2D eigenvalue weighted by Crippen LogP contribution is 2.45. The number of aliphatic hydroxyl groups is 1. The largest absolute Gasteiger partial charge is 0.512 e. The lowest BCUT2D eigenvalue weighted by Crippen LogP contribution is -2.44. The molecule has 1 saturated carbocycles. The third-order valence-electron chi connectivity index (χ3n) is 5.48. The zero-order chi connectivity index (χ0) is 17.9. The highest BCUT2D eigenvalue weighted by Gasteiger charge is 2.45. The molecule has 1 aromatic carbocycles. The van der Waals surface area contributed by atoms with E-state index in [1.807, 2.05) is 18.2 Å². The highest BCUT2D eigenvalue weighted by atomic mass is 16.6. The Morgan fingerprint density at radius 3 is 2.64 bits per heavy atom. The molecular weight excluding hydrogens is 320 g/mol. The van der Waals surface area contributed by atoms with Gasteiger partial charge in [-0.1, -0.05) is 18.9 Å². The third-order valence-corrected chi connectivity index (χ3v) is 5.48. The van der Waals surface area contributed by atoms with Crippen molar-refractivity contribution in [1.29, 1.82) is 0 Å². The first-order chi connectivity index (χ1) is 12.1. The Morgan fingerprint density at radius 1 is 1.24 bits per heavy atom. The molecule has 0 saturated heterocycles. The molecule has 2 aliphatic rings. The topological polar surface area (TPSA) is 65.0 Å². The van der Waals surface area contributed by atoms with Crippen LogP contribution < -0.4 is 9.47 Å². The van der Waals surface area contributed by atoms with Crippen LogP contribution >= 0.6 is 0 Å². The molecule has 3 rings (SSSR count). The van der Waals surface area contributed by atoms with Crippen LogP contribution in [-0.2, 0) is 16.0 Å². The molecular formula is C20H26O5. The van der Waals surface area contributed by atoms with Crippen molar-refractivity contribution < 1.29 is 24.1 Å². The fourth-order valence-electron chi connectivity index (χ4n) is 4.19. The van der Waals surface area contributed by atoms with Crippen molar-refractivity contribution in [1.82, 2.24) is 0 Å². The number of hydrogen-bond donors (Lipinski definition) is 1. The lowest BCUT2D eigenvalue weighted by Gasteiger charge is -2.40. The summed E-state index contributed by atoms with van der Waals surface area (Å²) in [4.78, 5) is 12.0. The predicted molar refractivity (Wildman–Crippen MR) is 94.0 cm³/mol. The van der Waals surface area contributed by atoms with Crippen molar-refractivity contribution in [3.05, 3.63) is 35.6 Å². The van der Waals surface area contributed by atoms with Crippen LogP contribution in [0.5, 0.6) is 11.5 Å². The van der Waals surface area contributed by atoms with Crippen molar-refractivity contribution in [2.24, 2.45) is 5.92 Å². The van der Waals surface area contributed by atoms with Crippen LogP contribution in [0, 0.1) is 5.92 Å². The minimum Gasteiger partial charge on any atom is -0.512 e. The average molecular weight is 346 g/mol. The Morgan fingerprint density at radius 2 is 2.00 bits per heavy atom. The molecule has 1 atom stereocenters. The Kier molecular flexibility index (Phi) is 5.21. The molecule has 5 nitrogen and oxygen atoms in total. The summed E-state index contributed by atoms with van der Waals surface area (Å²) in [6, 6.07) is 5.76. The number of carbonyl (C=O) groups is 1. The normalized spacial score (nSPS) is 23.9. The van der Waals surface area contributed by atoms with Gasteiger partial charge in [-0.15, -0.1) is 0 Å². The Labute approximate surface area is 148 Å². The number of rotatable bonds is 6. The van der Waals surface area contributed by atoms with Gasteiger partial charge >= 0.3 is 5.97 Å². The minimum absolute atomic E-state index is 0.129. The van der Waals surface area contributed by atoms with E-state index in [0.717, 1.165) is 42.7 Å². The third kappa shape index (κ3) is 3.75. The number of ether oxygens (including phenoxy) is 3. The summed E-state index contributed by atoms with van der Waals surface area (Å²) in [6.07, 6.45) is 7.37. The fourth-order valence-corrected chi connectivity index (χ4v) is 4.19. The molecule has 1 fully saturated rings. The van der Waals surface area contributed by atoms with Crippen LogP contribution in [0.25, 0.3) is 0 Å². The lowest BCUT2D eigenvalue weighted by atomic mass is 9.77. The van der Waals surface area contributed by atoms with E-state index >= 15 is 0 Å². The standard InChI is InChI=1S/C20H26O5/c1-23-17-8-7-14(18(12-17)24-2)9-10-20(15-5-3-4-6-15)13-16(21)11-19(22)25-20/h7-8,11-12,15,21H,3-6,9-10,13H2,1-2H3. The van der Waals surface area contributed by atoms with Gasteiger partial charge in [-0.3, -0.25) is 0 Å². The molecule has 1 aromatic rings. The van der Waals surface area contributed by atoms with Gasteiger partial charge in [0.15, 0.2) is 0 Å². The van der Waals surface area contributed by atoms with Crippen LogP contribution in [0.15, 0.2) is 30.0 Å². The summed E-state index contributed by atoms with van der Waals surface area (Å²) < 4.78 is 16.6. The van der Waals surface area contributed by atoms with Crippen molar-refractivity contribution in [3.8, 4) is 11.5 Å². The van der Waals surface area contributed by atoms with Crippen LogP contribution in [0.3, 0.4) is 0 Å². The Balaban J connectivity index is 1.82. The van der Waals surface area contributed by atoms with Gasteiger partial charge in [0.25, 0.3) is 0 Å². The first-order valence-corrected chi connectivity index (χ1v) is 8.90. The van der Waals surface area contributed by atoms with E-state index in [4.69, 9.17) is 14.2 Å². The van der Waals surface area contributed by atoms with E-state index in [0.29, 0.717) is 25.2 Å². The Hall–Kier alpha value is -2.17. The molecule has 0 amide bonds. The van der Waals surface area contributed by atoms with E-state index in [1.54, 1.807) is 14.2 Å². The number of benzene rings is 1. The summed E-state index contributed by atoms with van der Waals surface area (Å²) in [7, 11) is 3.26. The molecule has 5 heteroatoms. The van der Waals surface area contributed by atoms with Gasteiger partial charge in [-0.05, 0) is 43.2 Å². The first kappa shape index (κ1) is 17.6. The van der Waals surface area contributed by atoms with Gasteiger partial charge in [0, 0.05) is 12.5 Å². The van der Waals surface area contributed by atoms with Crippen molar-refractivity contribution in [3.63, 3.8) is 0 Å². The molecule has 1 aliphatic carbocycles. The summed E-state index contributed by atoms with van der Waals surface area (Å²) >= 11 is 0. The predicted octanol–water partition coefficient (Wildman–Crippen LogP) is 3.95. The molecule has 0 bridgehead atoms. The quantitative estimate of drug-likeness (QED) is 0.790. The molecule has 0 radical (unpaired) electrons. The molecule has 1 aliphatic heterocycles. The van der Waals surface area contributed by atoms with Crippen LogP contribution in [0.1, 0.15) is 44.1 Å². The van der Waals surface area contributed by atoms with Gasteiger partial charge in [0.05, 0.1) is 20.3 Å². The van der Waals surface area contributed by atoms with E-state index in [9.17, 15) is 9.90 Å². The number of carbonyl (C=O) groups excluding carboxylic acids is 1. The number of hydrogen-bond acceptors (Lipinski definition) is 5. The Bertz CT molecular complexity index is 660. The molecule has 0 spiro atoms. The van der Waals surface area contributed by atoms with Gasteiger partial charge in [-0.2, -0.15) is 0 Å². The summed E-state index contributed by atoms with van der Waals surface area (Å²) in [6.45, 7) is 0. The molecule has 1 heterocycles. The second-order valence-corrected chi connectivity index (χ2v) is 6.96. The number of aliphatic hydroxyl groups excluding tert-OH is 1. The lowest BCUT2D eigenvalue weighted by molar-refractivity contribution is -0.165. The summed E-state index contributed by atoms with van der Waals surface area (Å²) in [5, 5.41) is 10.1. The maximum Gasteiger partial charge on any atom is 0.334 e. The zero-order valence-corrected chi connectivity index (χ0v) is 14.9. The van der Waals surface area contributed by atoms with E-state index < -0.39 is 11.6 Å². The van der Waals surface area contributed by atoms with Crippen molar-refractivity contribution >= 4 is 5.97 Å². The zero-order valence-electron chi connectivity index (χ0n) is 14.9. The van der Waals surface area contributed by atoms with Crippen LogP contribution in [0.4, 0.5) is 0 Å². The second-order valence-electron chi connectivity index (χ2n) is 6.96. The van der Waals surface area contributed by atoms with Gasteiger partial charge in [0.1, 0.15) is 22.9 Å². The van der Waals surface area contributed by atoms with Crippen molar-refractivity contribution in [2.45, 2.75) is 50.5 Å². The number of cyclic esters (lactones) is 1. The molecule has 136 valence electrons. The van der Waals surface area contributed by atoms with Gasteiger partial charge in [0.2, 0.25) is 0 Å². The molecule has 25 heavy (non-hydrogen) atoms.